The third-order valence-corrected chi connectivity index (χ3v) is 4.27. The fraction of sp³-hybridized carbons (Fsp3) is 0.462. The quantitative estimate of drug-likeness (QED) is 0.770. The molecule has 0 amide bonds. The number of rotatable bonds is 5. The van der Waals surface area contributed by atoms with Crippen LogP contribution in [0.1, 0.15) is 34.9 Å². The summed E-state index contributed by atoms with van der Waals surface area (Å²) in [5.41, 5.74) is 1.02. The topological polar surface area (TPSA) is 57.0 Å². The molecular weight excluding hydrogens is 342 g/mol. The van der Waals surface area contributed by atoms with Crippen LogP contribution in [0, 0.1) is 12.8 Å². The van der Waals surface area contributed by atoms with E-state index in [2.05, 4.69) is 26.2 Å². The summed E-state index contributed by atoms with van der Waals surface area (Å²) >= 11 is 5.06. The van der Waals surface area contributed by atoms with Gasteiger partial charge < -0.3 is 4.74 Å². The Hall–Kier alpha value is -1.21. The monoisotopic (exact) mass is 357 g/mol. The summed E-state index contributed by atoms with van der Waals surface area (Å²) in [5.74, 6) is -0.104. The fourth-order valence-corrected chi connectivity index (χ4v) is 3.06. The molecule has 0 aliphatic heterocycles. The summed E-state index contributed by atoms with van der Waals surface area (Å²) < 4.78 is 7.96. The molecule has 0 aliphatic rings. The molecule has 2 heterocycles. The van der Waals surface area contributed by atoms with E-state index >= 15 is 0 Å². The average Bonchev–Trinajstić information content (AvgIpc) is 2.95. The maximum Gasteiger partial charge on any atom is 0.360 e. The first-order chi connectivity index (χ1) is 9.47. The Kier molecular flexibility index (Phi) is 4.93. The highest BCUT2D eigenvalue weighted by Crippen LogP contribution is 2.23. The van der Waals surface area contributed by atoms with Crippen molar-refractivity contribution < 1.29 is 9.53 Å². The molecule has 0 N–H and O–H groups in total. The van der Waals surface area contributed by atoms with Gasteiger partial charge in [0.25, 0.3) is 0 Å². The first-order valence-corrected chi connectivity index (χ1v) is 7.89. The van der Waals surface area contributed by atoms with Crippen molar-refractivity contribution in [3.8, 4) is 0 Å². The van der Waals surface area contributed by atoms with Gasteiger partial charge in [-0.1, -0.05) is 19.1 Å². The number of halogens is 1. The van der Waals surface area contributed by atoms with Crippen LogP contribution in [0.15, 0.2) is 15.9 Å². The third kappa shape index (κ3) is 3.67. The number of aromatic nitrogens is 3. The highest BCUT2D eigenvalue weighted by atomic mass is 79.9. The molecule has 0 spiro atoms. The molecule has 0 atom stereocenters. The lowest BCUT2D eigenvalue weighted by molar-refractivity contribution is 0.0451. The van der Waals surface area contributed by atoms with Gasteiger partial charge in [-0.25, -0.2) is 9.48 Å². The van der Waals surface area contributed by atoms with Crippen molar-refractivity contribution >= 4 is 33.2 Å². The summed E-state index contributed by atoms with van der Waals surface area (Å²) in [6.45, 7) is 6.81. The molecule has 0 saturated carbocycles. The summed E-state index contributed by atoms with van der Waals surface area (Å²) in [5, 5.41) is 7.95. The van der Waals surface area contributed by atoms with Gasteiger partial charge in [-0.15, -0.1) is 16.4 Å². The van der Waals surface area contributed by atoms with Gasteiger partial charge in [-0.2, -0.15) is 0 Å². The first kappa shape index (κ1) is 15.2. The fourth-order valence-electron chi connectivity index (χ4n) is 1.59. The van der Waals surface area contributed by atoms with Gasteiger partial charge in [0.15, 0.2) is 5.69 Å². The Morgan fingerprint density at radius 3 is 2.85 bits per heavy atom. The van der Waals surface area contributed by atoms with Crippen molar-refractivity contribution in [3.63, 3.8) is 0 Å². The van der Waals surface area contributed by atoms with Crippen LogP contribution in [0.5, 0.6) is 0 Å². The second-order valence-electron chi connectivity index (χ2n) is 4.88. The molecule has 0 aromatic carbocycles. The van der Waals surface area contributed by atoms with Gasteiger partial charge in [-0.05, 0) is 40.9 Å². The van der Waals surface area contributed by atoms with E-state index in [0.29, 0.717) is 24.8 Å². The van der Waals surface area contributed by atoms with Gasteiger partial charge in [-0.3, -0.25) is 0 Å². The molecule has 0 radical (unpaired) electrons. The lowest BCUT2D eigenvalue weighted by Crippen LogP contribution is -2.12. The van der Waals surface area contributed by atoms with Crippen LogP contribution in [-0.2, 0) is 11.3 Å². The number of nitrogens with zero attached hydrogens (tertiary/aromatic N) is 3. The molecule has 0 bridgehead atoms. The lowest BCUT2D eigenvalue weighted by atomic mass is 10.2. The molecule has 7 heteroatoms. The third-order valence-electron chi connectivity index (χ3n) is 2.66. The van der Waals surface area contributed by atoms with E-state index in [1.54, 1.807) is 16.0 Å². The van der Waals surface area contributed by atoms with Gasteiger partial charge in [0.2, 0.25) is 0 Å². The van der Waals surface area contributed by atoms with Crippen LogP contribution in [0.3, 0.4) is 0 Å². The molecule has 5 nitrogen and oxygen atoms in total. The minimum absolute atomic E-state index is 0.293. The minimum Gasteiger partial charge on any atom is -0.461 e. The van der Waals surface area contributed by atoms with Crippen molar-refractivity contribution in [3.05, 3.63) is 32.2 Å². The Balaban J connectivity index is 2.08. The van der Waals surface area contributed by atoms with Crippen LogP contribution in [0.4, 0.5) is 0 Å². The predicted molar refractivity (Wildman–Crippen MR) is 81.0 cm³/mol. The Morgan fingerprint density at radius 1 is 1.50 bits per heavy atom. The Bertz CT molecular complexity index is 607. The smallest absolute Gasteiger partial charge is 0.360 e. The van der Waals surface area contributed by atoms with Crippen molar-refractivity contribution in [2.24, 2.45) is 5.92 Å². The van der Waals surface area contributed by atoms with Crippen molar-refractivity contribution in [1.82, 2.24) is 15.0 Å². The van der Waals surface area contributed by atoms with Crippen LogP contribution in [0.25, 0.3) is 0 Å². The van der Waals surface area contributed by atoms with E-state index in [9.17, 15) is 4.79 Å². The number of esters is 1. The van der Waals surface area contributed by atoms with E-state index in [4.69, 9.17) is 4.74 Å². The van der Waals surface area contributed by atoms with E-state index in [1.807, 2.05) is 32.9 Å². The number of hydrogen-bond acceptors (Lipinski definition) is 5. The first-order valence-electron chi connectivity index (χ1n) is 6.28. The van der Waals surface area contributed by atoms with Crippen LogP contribution >= 0.6 is 27.3 Å². The largest absolute Gasteiger partial charge is 0.461 e. The minimum atomic E-state index is -0.408. The van der Waals surface area contributed by atoms with Crippen LogP contribution in [0.2, 0.25) is 0 Å². The maximum absolute atomic E-state index is 11.9. The zero-order chi connectivity index (χ0) is 14.7. The van der Waals surface area contributed by atoms with Crippen molar-refractivity contribution in [2.75, 3.05) is 6.61 Å². The predicted octanol–water partition coefficient (Wildman–Crippen LogP) is 3.27. The van der Waals surface area contributed by atoms with Gasteiger partial charge in [0.05, 0.1) is 22.6 Å². The molecule has 0 aliphatic carbocycles. The van der Waals surface area contributed by atoms with Crippen molar-refractivity contribution in [1.29, 1.82) is 0 Å². The number of hydrogen-bond donors (Lipinski definition) is 0. The van der Waals surface area contributed by atoms with Crippen LogP contribution in [-0.4, -0.2) is 27.6 Å². The molecule has 20 heavy (non-hydrogen) atoms. The molecule has 0 saturated heterocycles. The summed E-state index contributed by atoms with van der Waals surface area (Å²) in [4.78, 5) is 13.0. The number of carbonyl (C=O) groups excluding carboxylic acids is 1. The molecule has 2 aromatic heterocycles. The average molecular weight is 358 g/mol. The SMILES string of the molecule is Cc1c(C(=O)OCC(C)C)nnn1Cc1ccc(Br)s1. The van der Waals surface area contributed by atoms with Gasteiger partial charge in [0, 0.05) is 4.88 Å². The highest BCUT2D eigenvalue weighted by molar-refractivity contribution is 9.11. The number of thiophene rings is 1. The molecule has 2 aromatic rings. The van der Waals surface area contributed by atoms with E-state index in [-0.39, 0.29) is 0 Å². The van der Waals surface area contributed by atoms with E-state index in [0.717, 1.165) is 14.4 Å². The van der Waals surface area contributed by atoms with Gasteiger partial charge in [0.1, 0.15) is 0 Å². The summed E-state index contributed by atoms with van der Waals surface area (Å²) in [7, 11) is 0. The molecule has 0 unspecified atom stereocenters. The second kappa shape index (κ2) is 6.49. The zero-order valence-electron chi connectivity index (χ0n) is 11.6. The number of carbonyl (C=O) groups is 1. The van der Waals surface area contributed by atoms with Crippen molar-refractivity contribution in [2.45, 2.75) is 27.3 Å². The molecular formula is C13H16BrN3O2S. The van der Waals surface area contributed by atoms with Gasteiger partial charge >= 0.3 is 5.97 Å². The normalized spacial score (nSPS) is 11.1. The molecule has 0 fully saturated rings. The lowest BCUT2D eigenvalue weighted by Gasteiger charge is -2.06. The second-order valence-corrected chi connectivity index (χ2v) is 7.43. The summed E-state index contributed by atoms with van der Waals surface area (Å²) in [6, 6.07) is 4.01. The zero-order valence-corrected chi connectivity index (χ0v) is 14.0. The standard InChI is InChI=1S/C13H16BrN3O2S/c1-8(2)7-19-13(18)12-9(3)17(16-15-12)6-10-4-5-11(14)20-10/h4-5,8H,6-7H2,1-3H3. The summed E-state index contributed by atoms with van der Waals surface area (Å²) in [6.07, 6.45) is 0. The highest BCUT2D eigenvalue weighted by Gasteiger charge is 2.18. The van der Waals surface area contributed by atoms with E-state index in [1.165, 1.54) is 0 Å². The van der Waals surface area contributed by atoms with Crippen LogP contribution < -0.4 is 0 Å². The molecule has 108 valence electrons. The Labute approximate surface area is 130 Å². The van der Waals surface area contributed by atoms with E-state index < -0.39 is 5.97 Å². The Morgan fingerprint density at radius 2 is 2.25 bits per heavy atom. The number of ether oxygens (including phenoxy) is 1. The molecule has 2 rings (SSSR count). The maximum atomic E-state index is 11.9.